The highest BCUT2D eigenvalue weighted by Gasteiger charge is 2.21. The fraction of sp³-hybridized carbons (Fsp3) is 0.250. The molecule has 0 saturated carbocycles. The van der Waals surface area contributed by atoms with Gasteiger partial charge in [0, 0.05) is 12.1 Å². The van der Waals surface area contributed by atoms with Gasteiger partial charge in [-0.3, -0.25) is 0 Å². The first-order valence-corrected chi connectivity index (χ1v) is 3.69. The Morgan fingerprint density at radius 2 is 2.08 bits per heavy atom. The van der Waals surface area contributed by atoms with Crippen LogP contribution in [0.3, 0.4) is 0 Å². The summed E-state index contributed by atoms with van der Waals surface area (Å²) in [5, 5.41) is 1.43. The van der Waals surface area contributed by atoms with Crippen LogP contribution in [0, 0.1) is 11.6 Å². The molecule has 0 radical (unpaired) electrons. The molecule has 2 N–H and O–H groups in total. The Hall–Kier alpha value is -1.16. The summed E-state index contributed by atoms with van der Waals surface area (Å²) in [4.78, 5) is 0. The number of nitrogens with zero attached hydrogens (tertiary/aromatic N) is 1. The van der Waals surface area contributed by atoms with E-state index in [-0.39, 0.29) is 0 Å². The Morgan fingerprint density at radius 1 is 1.33 bits per heavy atom. The summed E-state index contributed by atoms with van der Waals surface area (Å²) < 4.78 is 25.7. The topological polar surface area (TPSA) is 29.3 Å². The highest BCUT2D eigenvalue weighted by atomic mass is 19.2. The van der Waals surface area contributed by atoms with E-state index in [9.17, 15) is 8.78 Å². The standard InChI is InChI=1S/C8H8F2N2/c9-6-1-2-7-5(8(6)10)3-4-12(7)11/h1-2H,3-4,11H2. The van der Waals surface area contributed by atoms with Crippen molar-refractivity contribution in [1.82, 2.24) is 0 Å². The van der Waals surface area contributed by atoms with E-state index in [0.717, 1.165) is 6.07 Å². The summed E-state index contributed by atoms with van der Waals surface area (Å²) >= 11 is 0. The smallest absolute Gasteiger partial charge is 0.164 e. The van der Waals surface area contributed by atoms with Crippen molar-refractivity contribution in [3.63, 3.8) is 0 Å². The molecule has 1 heterocycles. The van der Waals surface area contributed by atoms with Crippen molar-refractivity contribution in [2.24, 2.45) is 5.84 Å². The van der Waals surface area contributed by atoms with Crippen LogP contribution in [0.15, 0.2) is 12.1 Å². The molecule has 12 heavy (non-hydrogen) atoms. The van der Waals surface area contributed by atoms with Gasteiger partial charge < -0.3 is 5.01 Å². The molecular formula is C8H8F2N2. The molecule has 0 amide bonds. The van der Waals surface area contributed by atoms with Gasteiger partial charge in [-0.05, 0) is 18.6 Å². The maximum absolute atomic E-state index is 13.0. The lowest BCUT2D eigenvalue weighted by Crippen LogP contribution is -2.27. The van der Waals surface area contributed by atoms with Crippen LogP contribution >= 0.6 is 0 Å². The Balaban J connectivity index is 2.60. The van der Waals surface area contributed by atoms with E-state index in [0.29, 0.717) is 24.2 Å². The Kier molecular flexibility index (Phi) is 1.51. The third kappa shape index (κ3) is 0.881. The number of rotatable bonds is 0. The van der Waals surface area contributed by atoms with E-state index in [1.807, 2.05) is 0 Å². The van der Waals surface area contributed by atoms with Gasteiger partial charge in [0.2, 0.25) is 0 Å². The van der Waals surface area contributed by atoms with E-state index in [1.165, 1.54) is 11.1 Å². The second-order valence-electron chi connectivity index (χ2n) is 2.80. The number of hydrazine groups is 1. The van der Waals surface area contributed by atoms with Gasteiger partial charge in [-0.2, -0.15) is 0 Å². The molecule has 1 aliphatic rings. The molecule has 2 rings (SSSR count). The zero-order valence-electron chi connectivity index (χ0n) is 6.35. The van der Waals surface area contributed by atoms with E-state index >= 15 is 0 Å². The van der Waals surface area contributed by atoms with Crippen molar-refractivity contribution in [1.29, 1.82) is 0 Å². The van der Waals surface area contributed by atoms with Gasteiger partial charge >= 0.3 is 0 Å². The number of hydrogen-bond donors (Lipinski definition) is 1. The summed E-state index contributed by atoms with van der Waals surface area (Å²) in [5.41, 5.74) is 0.978. The molecule has 1 aliphatic heterocycles. The van der Waals surface area contributed by atoms with Crippen LogP contribution in [0.2, 0.25) is 0 Å². The van der Waals surface area contributed by atoms with Gasteiger partial charge in [0.15, 0.2) is 11.6 Å². The monoisotopic (exact) mass is 170 g/mol. The fourth-order valence-corrected chi connectivity index (χ4v) is 1.44. The van der Waals surface area contributed by atoms with Gasteiger partial charge in [0.1, 0.15) is 0 Å². The molecule has 0 spiro atoms. The van der Waals surface area contributed by atoms with Gasteiger partial charge in [0.25, 0.3) is 0 Å². The third-order valence-corrected chi connectivity index (χ3v) is 2.08. The van der Waals surface area contributed by atoms with Crippen molar-refractivity contribution < 1.29 is 8.78 Å². The SMILES string of the molecule is NN1CCc2c1ccc(F)c2F. The van der Waals surface area contributed by atoms with Crippen molar-refractivity contribution in [3.05, 3.63) is 29.3 Å². The zero-order chi connectivity index (χ0) is 8.72. The molecule has 0 bridgehead atoms. The van der Waals surface area contributed by atoms with E-state index in [4.69, 9.17) is 5.84 Å². The van der Waals surface area contributed by atoms with Crippen LogP contribution in [-0.4, -0.2) is 6.54 Å². The second-order valence-corrected chi connectivity index (χ2v) is 2.80. The largest absolute Gasteiger partial charge is 0.310 e. The molecule has 2 nitrogen and oxygen atoms in total. The highest BCUT2D eigenvalue weighted by Crippen LogP contribution is 2.28. The predicted octanol–water partition coefficient (Wildman–Crippen LogP) is 1.20. The quantitative estimate of drug-likeness (QED) is 0.593. The fourth-order valence-electron chi connectivity index (χ4n) is 1.44. The molecular weight excluding hydrogens is 162 g/mol. The average Bonchev–Trinajstić information content (AvgIpc) is 2.41. The van der Waals surface area contributed by atoms with E-state index in [1.54, 1.807) is 0 Å². The maximum atomic E-state index is 13.0. The van der Waals surface area contributed by atoms with Crippen molar-refractivity contribution >= 4 is 5.69 Å². The first kappa shape index (κ1) is 7.49. The van der Waals surface area contributed by atoms with Crippen molar-refractivity contribution in [2.45, 2.75) is 6.42 Å². The minimum Gasteiger partial charge on any atom is -0.310 e. The van der Waals surface area contributed by atoms with Crippen molar-refractivity contribution in [2.75, 3.05) is 11.6 Å². The molecule has 0 fully saturated rings. The number of benzene rings is 1. The molecule has 0 saturated heterocycles. The van der Waals surface area contributed by atoms with Crippen LogP contribution in [0.4, 0.5) is 14.5 Å². The number of anilines is 1. The second kappa shape index (κ2) is 2.42. The third-order valence-electron chi connectivity index (χ3n) is 2.08. The minimum atomic E-state index is -0.802. The summed E-state index contributed by atoms with van der Waals surface area (Å²) in [6.07, 6.45) is 0.482. The Bertz CT molecular complexity index is 325. The minimum absolute atomic E-state index is 0.387. The Labute approximate surface area is 68.6 Å². The lowest BCUT2D eigenvalue weighted by molar-refractivity contribution is 0.502. The van der Waals surface area contributed by atoms with E-state index in [2.05, 4.69) is 0 Å². The molecule has 1 aromatic rings. The number of nitrogens with two attached hydrogens (primary N) is 1. The lowest BCUT2D eigenvalue weighted by Gasteiger charge is -2.10. The van der Waals surface area contributed by atoms with Gasteiger partial charge in [0.05, 0.1) is 5.69 Å². The van der Waals surface area contributed by atoms with Gasteiger partial charge in [-0.1, -0.05) is 0 Å². The van der Waals surface area contributed by atoms with E-state index < -0.39 is 11.6 Å². The number of hydrogen-bond acceptors (Lipinski definition) is 2. The predicted molar refractivity (Wildman–Crippen MR) is 41.6 cm³/mol. The molecule has 0 unspecified atom stereocenters. The van der Waals surface area contributed by atoms with Crippen LogP contribution in [0.25, 0.3) is 0 Å². The van der Waals surface area contributed by atoms with Gasteiger partial charge in [-0.15, -0.1) is 0 Å². The number of halogens is 2. The zero-order valence-corrected chi connectivity index (χ0v) is 6.35. The molecule has 0 aliphatic carbocycles. The summed E-state index contributed by atoms with van der Waals surface area (Å²) in [5.74, 6) is 3.94. The summed E-state index contributed by atoms with van der Waals surface area (Å²) in [7, 11) is 0. The van der Waals surface area contributed by atoms with Crippen LogP contribution in [-0.2, 0) is 6.42 Å². The van der Waals surface area contributed by atoms with Gasteiger partial charge in [-0.25, -0.2) is 14.6 Å². The molecule has 0 atom stereocenters. The molecule has 0 aromatic heterocycles. The molecule has 4 heteroatoms. The maximum Gasteiger partial charge on any atom is 0.164 e. The highest BCUT2D eigenvalue weighted by molar-refractivity contribution is 5.57. The Morgan fingerprint density at radius 3 is 2.83 bits per heavy atom. The average molecular weight is 170 g/mol. The molecule has 64 valence electrons. The van der Waals surface area contributed by atoms with Crippen LogP contribution in [0.1, 0.15) is 5.56 Å². The first-order chi connectivity index (χ1) is 5.70. The summed E-state index contributed by atoms with van der Waals surface area (Å²) in [6, 6.07) is 2.60. The normalized spacial score (nSPS) is 15.1. The first-order valence-electron chi connectivity index (χ1n) is 3.69. The lowest BCUT2D eigenvalue weighted by atomic mass is 10.1. The molecule has 1 aromatic carbocycles. The van der Waals surface area contributed by atoms with Crippen molar-refractivity contribution in [3.8, 4) is 0 Å². The van der Waals surface area contributed by atoms with Crippen LogP contribution in [0.5, 0.6) is 0 Å². The number of fused-ring (bicyclic) bond motifs is 1. The summed E-state index contributed by atoms with van der Waals surface area (Å²) in [6.45, 7) is 0.551. The van der Waals surface area contributed by atoms with Crippen LogP contribution < -0.4 is 10.9 Å².